The second-order valence-corrected chi connectivity index (χ2v) is 12.1. The maximum Gasteiger partial charge on any atom is 0.348 e. The van der Waals surface area contributed by atoms with E-state index >= 15 is 0 Å². The van der Waals surface area contributed by atoms with Crippen LogP contribution < -0.4 is 14.8 Å². The molecule has 1 fully saturated rings. The topological polar surface area (TPSA) is 225 Å². The maximum atomic E-state index is 13.3. The highest BCUT2D eigenvalue weighted by Gasteiger charge is 2.72. The van der Waals surface area contributed by atoms with E-state index in [0.717, 1.165) is 25.0 Å². The molecule has 2 aliphatic heterocycles. The van der Waals surface area contributed by atoms with E-state index < -0.39 is 84.0 Å². The van der Waals surface area contributed by atoms with Crippen LogP contribution in [-0.2, 0) is 54.8 Å². The molecule has 0 aromatic heterocycles. The number of rotatable bonds is 12. The molecule has 0 radical (unpaired) electrons. The number of aliphatic hydroxyl groups is 1. The van der Waals surface area contributed by atoms with Crippen molar-refractivity contribution in [3.63, 3.8) is 0 Å². The lowest BCUT2D eigenvalue weighted by molar-refractivity contribution is -0.177. The molecule has 2 bridgehead atoms. The van der Waals surface area contributed by atoms with E-state index in [2.05, 4.69) is 4.90 Å². The molecule has 47 heavy (non-hydrogen) atoms. The average Bonchev–Trinajstić information content (AvgIpc) is 3.35. The van der Waals surface area contributed by atoms with Gasteiger partial charge in [0.1, 0.15) is 11.8 Å². The van der Waals surface area contributed by atoms with Crippen LogP contribution in [0.3, 0.4) is 0 Å². The second-order valence-electron chi connectivity index (χ2n) is 12.1. The normalized spacial score (nSPS) is 27.0. The molecule has 1 saturated heterocycles. The van der Waals surface area contributed by atoms with Crippen LogP contribution in [0.1, 0.15) is 50.7 Å². The molecule has 2 heterocycles. The summed E-state index contributed by atoms with van der Waals surface area (Å²) in [6.07, 6.45) is -3.37. The molecule has 16 heteroatoms. The van der Waals surface area contributed by atoms with Crippen LogP contribution >= 0.6 is 0 Å². The van der Waals surface area contributed by atoms with Crippen molar-refractivity contribution in [3.8, 4) is 11.5 Å². The molecule has 0 unspecified atom stereocenters. The van der Waals surface area contributed by atoms with Gasteiger partial charge in [-0.1, -0.05) is 6.07 Å². The highest BCUT2D eigenvalue weighted by molar-refractivity contribution is 5.91. The van der Waals surface area contributed by atoms with Crippen molar-refractivity contribution in [3.05, 3.63) is 35.1 Å². The number of hydrogen-bond acceptors (Lipinski definition) is 13. The Morgan fingerprint density at radius 1 is 1.13 bits per heavy atom. The lowest BCUT2D eigenvalue weighted by Gasteiger charge is -2.61. The zero-order valence-corrected chi connectivity index (χ0v) is 26.1. The number of nitrogens with zero attached hydrogens (tertiary/aromatic N) is 1. The number of methoxy groups -OCH3 is 1. The van der Waals surface area contributed by atoms with Crippen molar-refractivity contribution in [2.45, 2.75) is 87.4 Å². The Balaban J connectivity index is 1.33. The number of esters is 3. The van der Waals surface area contributed by atoms with E-state index in [1.807, 2.05) is 18.4 Å². The average molecular weight is 661 g/mol. The Bertz CT molecular complexity index is 1560. The number of likely N-dealkylation sites (N-methyl/N-ethyl adjacent to an activating group) is 1. The van der Waals surface area contributed by atoms with Crippen molar-refractivity contribution < 1.29 is 67.8 Å². The zero-order chi connectivity index (χ0) is 34.4. The van der Waals surface area contributed by atoms with E-state index in [1.54, 1.807) is 12.1 Å². The third kappa shape index (κ3) is 5.75. The van der Waals surface area contributed by atoms with Crippen molar-refractivity contribution >= 4 is 35.8 Å². The SMILES string of the molecule is COc1ccc2c3c1O[C@H]1C(OC(=O)C[C@H](OC(C)=O)C(=O)O[C@@H](C)C(=O)N[C@@H](CC(=O)O)C(=O)O)=CC[C@@]4(O)[C@H](C2)N(C)CC[C@]314. The molecule has 254 valence electrons. The maximum absolute atomic E-state index is 13.3. The number of carbonyl (C=O) groups excluding carboxylic acids is 4. The molecule has 1 amide bonds. The smallest absolute Gasteiger partial charge is 0.348 e. The van der Waals surface area contributed by atoms with E-state index in [-0.39, 0.29) is 18.2 Å². The number of aliphatic carboxylic acids is 2. The van der Waals surface area contributed by atoms with Gasteiger partial charge in [0, 0.05) is 24.9 Å². The largest absolute Gasteiger partial charge is 0.493 e. The lowest BCUT2D eigenvalue weighted by atomic mass is 9.50. The number of carboxylic acids is 2. The Kier molecular flexibility index (Phi) is 8.94. The Morgan fingerprint density at radius 2 is 1.85 bits per heavy atom. The van der Waals surface area contributed by atoms with E-state index in [1.165, 1.54) is 7.11 Å². The predicted molar refractivity (Wildman–Crippen MR) is 155 cm³/mol. The fourth-order valence-electron chi connectivity index (χ4n) is 7.25. The monoisotopic (exact) mass is 660 g/mol. The summed E-state index contributed by atoms with van der Waals surface area (Å²) < 4.78 is 27.8. The summed E-state index contributed by atoms with van der Waals surface area (Å²) in [4.78, 5) is 74.8. The van der Waals surface area contributed by atoms with Crippen molar-refractivity contribution in [2.24, 2.45) is 0 Å². The van der Waals surface area contributed by atoms with Gasteiger partial charge < -0.3 is 49.2 Å². The lowest BCUT2D eigenvalue weighted by Crippen LogP contribution is -2.74. The number of carboxylic acid groups (broad SMARTS) is 2. The molecule has 0 saturated carbocycles. The van der Waals surface area contributed by atoms with Gasteiger partial charge >= 0.3 is 29.8 Å². The third-order valence-electron chi connectivity index (χ3n) is 9.37. The number of likely N-dealkylation sites (tertiary alicyclic amines) is 1. The molecule has 1 aromatic carbocycles. The molecule has 1 spiro atoms. The summed E-state index contributed by atoms with van der Waals surface area (Å²) in [6, 6.07) is 1.71. The number of carbonyl (C=O) groups is 6. The zero-order valence-electron chi connectivity index (χ0n) is 26.1. The Labute approximate surface area is 268 Å². The summed E-state index contributed by atoms with van der Waals surface area (Å²) >= 11 is 0. The summed E-state index contributed by atoms with van der Waals surface area (Å²) in [5.41, 5.74) is -0.406. The first-order chi connectivity index (χ1) is 22.1. The van der Waals surface area contributed by atoms with Crippen molar-refractivity contribution in [1.29, 1.82) is 0 Å². The molecule has 5 rings (SSSR count). The predicted octanol–water partition coefficient (Wildman–Crippen LogP) is -0.186. The molecule has 7 atom stereocenters. The first-order valence-corrected chi connectivity index (χ1v) is 15.0. The van der Waals surface area contributed by atoms with E-state index in [9.17, 15) is 33.9 Å². The van der Waals surface area contributed by atoms with Gasteiger partial charge in [-0.3, -0.25) is 19.2 Å². The molecule has 1 aromatic rings. The standard InChI is InChI=1S/C31H36N2O14/c1-14(27(38)32-17(28(39)40)12-22(35)36)44-29(41)20(45-15(2)34)13-23(37)46-19-7-8-31(42)21-11-16-5-6-18(43-4)25-24(16)30(31,26(19)47-25)9-10-33(21)3/h5-7,14,17,20-21,26,42H,8-13H2,1-4H3,(H,32,38)(H,35,36)(H,39,40)/t14-,17-,20-,21-,26-,30-,31+/m0/s1. The van der Waals surface area contributed by atoms with Gasteiger partial charge in [0.25, 0.3) is 5.91 Å². The van der Waals surface area contributed by atoms with Crippen LogP contribution in [0, 0.1) is 0 Å². The molecule has 4 N–H and O–H groups in total. The molecular formula is C31H36N2O14. The van der Waals surface area contributed by atoms with E-state index in [4.69, 9.17) is 33.9 Å². The number of piperidine rings is 1. The third-order valence-corrected chi connectivity index (χ3v) is 9.37. The van der Waals surface area contributed by atoms with Crippen LogP contribution in [0.4, 0.5) is 0 Å². The van der Waals surface area contributed by atoms with Crippen LogP contribution in [0.15, 0.2) is 24.0 Å². The van der Waals surface area contributed by atoms with Gasteiger partial charge in [0.15, 0.2) is 23.7 Å². The molecule has 4 aliphatic rings. The minimum atomic E-state index is -1.85. The summed E-state index contributed by atoms with van der Waals surface area (Å²) in [6.45, 7) is 2.71. The second kappa shape index (κ2) is 12.5. The van der Waals surface area contributed by atoms with Crippen molar-refractivity contribution in [1.82, 2.24) is 10.2 Å². The number of amides is 1. The Morgan fingerprint density at radius 3 is 2.49 bits per heavy atom. The van der Waals surface area contributed by atoms with E-state index in [0.29, 0.717) is 30.9 Å². The molecule has 2 aliphatic carbocycles. The van der Waals surface area contributed by atoms with Crippen LogP contribution in [-0.4, -0.2) is 113 Å². The Hall–Kier alpha value is -4.70. The van der Waals surface area contributed by atoms with Gasteiger partial charge in [-0.15, -0.1) is 0 Å². The highest BCUT2D eigenvalue weighted by Crippen LogP contribution is 2.65. The number of benzene rings is 1. The number of hydrogen-bond donors (Lipinski definition) is 4. The van der Waals surface area contributed by atoms with Gasteiger partial charge in [-0.05, 0) is 51.1 Å². The summed E-state index contributed by atoms with van der Waals surface area (Å²) in [5.74, 6) is -6.46. The van der Waals surface area contributed by atoms with Crippen molar-refractivity contribution in [2.75, 3.05) is 20.7 Å². The van der Waals surface area contributed by atoms with Gasteiger partial charge in [-0.2, -0.15) is 0 Å². The first-order valence-electron chi connectivity index (χ1n) is 15.0. The fraction of sp³-hybridized carbons (Fsp3) is 0.548. The quantitative estimate of drug-likeness (QED) is 0.168. The fourth-order valence-corrected chi connectivity index (χ4v) is 7.25. The summed E-state index contributed by atoms with van der Waals surface area (Å²) in [7, 11) is 3.46. The van der Waals surface area contributed by atoms with Gasteiger partial charge in [0.2, 0.25) is 6.10 Å². The first kappa shape index (κ1) is 33.7. The van der Waals surface area contributed by atoms with Gasteiger partial charge in [-0.25, -0.2) is 9.59 Å². The highest BCUT2D eigenvalue weighted by atomic mass is 16.6. The number of ether oxygens (including phenoxy) is 5. The van der Waals surface area contributed by atoms with Gasteiger partial charge in [0.05, 0.1) is 31.0 Å². The molecular weight excluding hydrogens is 624 g/mol. The minimum Gasteiger partial charge on any atom is -0.493 e. The van der Waals surface area contributed by atoms with Crippen LogP contribution in [0.5, 0.6) is 11.5 Å². The van der Waals surface area contributed by atoms with Crippen LogP contribution in [0.2, 0.25) is 0 Å². The molecule has 16 nitrogen and oxygen atoms in total. The summed E-state index contributed by atoms with van der Waals surface area (Å²) in [5, 5.41) is 32.3. The minimum absolute atomic E-state index is 0.106. The number of nitrogens with one attached hydrogen (secondary N) is 1. The van der Waals surface area contributed by atoms with Crippen LogP contribution in [0.25, 0.3) is 0 Å².